The minimum Gasteiger partial charge on any atom is -0.481 e. The van der Waals surface area contributed by atoms with Crippen LogP contribution in [0.25, 0.3) is 0 Å². The molecule has 12 nitrogen and oxygen atoms in total. The predicted molar refractivity (Wildman–Crippen MR) is 142 cm³/mol. The van der Waals surface area contributed by atoms with E-state index in [1.807, 2.05) is 13.0 Å². The number of nitro benzene ring substituents is 1. The lowest BCUT2D eigenvalue weighted by atomic mass is 10.0. The quantitative estimate of drug-likeness (QED) is 0.284. The van der Waals surface area contributed by atoms with Gasteiger partial charge < -0.3 is 20.6 Å². The summed E-state index contributed by atoms with van der Waals surface area (Å²) < 4.78 is 0. The van der Waals surface area contributed by atoms with E-state index in [1.54, 1.807) is 35.7 Å². The molecule has 0 radical (unpaired) electrons. The fraction of sp³-hybridized carbons (Fsp3) is 0.231. The van der Waals surface area contributed by atoms with E-state index >= 15 is 0 Å². The van der Waals surface area contributed by atoms with Crippen molar-refractivity contribution in [2.45, 2.75) is 25.6 Å². The summed E-state index contributed by atoms with van der Waals surface area (Å²) in [4.78, 5) is 65.3. The standard InChI is InChI=1S/C26H25N5O7S/c1-16-5-2-7-18(13-16)27-26(36)30-11-10-29(25(35)21-9-4-12-39-21)24(30)23(34)28-20(15-22(32)33)17-6-3-8-19(14-17)31(37)38/h2-9,12-14,20,24H,10-11,15H2,1H3,(H,27,36)(H,28,34)(H,32,33). The number of anilines is 1. The highest BCUT2D eigenvalue weighted by molar-refractivity contribution is 7.12. The van der Waals surface area contributed by atoms with Crippen LogP contribution in [0.5, 0.6) is 0 Å². The van der Waals surface area contributed by atoms with Crippen LogP contribution in [0, 0.1) is 17.0 Å². The molecule has 2 heterocycles. The Bertz CT molecular complexity index is 1410. The summed E-state index contributed by atoms with van der Waals surface area (Å²) in [7, 11) is 0. The fourth-order valence-electron chi connectivity index (χ4n) is 4.32. The van der Waals surface area contributed by atoms with E-state index in [2.05, 4.69) is 10.6 Å². The third-order valence-corrected chi connectivity index (χ3v) is 6.97. The molecule has 0 saturated carbocycles. The van der Waals surface area contributed by atoms with Crippen molar-refractivity contribution < 1.29 is 29.2 Å². The Balaban J connectivity index is 1.64. The van der Waals surface area contributed by atoms with Crippen LogP contribution in [0.1, 0.15) is 33.3 Å². The Morgan fingerprint density at radius 1 is 1.08 bits per heavy atom. The maximum absolute atomic E-state index is 13.7. The molecule has 202 valence electrons. The van der Waals surface area contributed by atoms with Gasteiger partial charge in [-0.1, -0.05) is 30.3 Å². The lowest BCUT2D eigenvalue weighted by molar-refractivity contribution is -0.384. The molecule has 4 rings (SSSR count). The van der Waals surface area contributed by atoms with Crippen molar-refractivity contribution in [3.05, 3.63) is 92.2 Å². The Morgan fingerprint density at radius 2 is 1.82 bits per heavy atom. The molecule has 2 aromatic carbocycles. The van der Waals surface area contributed by atoms with Gasteiger partial charge in [-0.15, -0.1) is 11.3 Å². The Morgan fingerprint density at radius 3 is 2.49 bits per heavy atom. The number of nitrogens with one attached hydrogen (secondary N) is 2. The van der Waals surface area contributed by atoms with Gasteiger partial charge in [0, 0.05) is 30.9 Å². The van der Waals surface area contributed by atoms with E-state index in [1.165, 1.54) is 45.4 Å². The number of carboxylic acids is 1. The summed E-state index contributed by atoms with van der Waals surface area (Å²) in [6.07, 6.45) is -1.96. The summed E-state index contributed by atoms with van der Waals surface area (Å²) in [5.41, 5.74) is 1.34. The highest BCUT2D eigenvalue weighted by Crippen LogP contribution is 2.26. The predicted octanol–water partition coefficient (Wildman–Crippen LogP) is 3.61. The van der Waals surface area contributed by atoms with Crippen LogP contribution in [-0.2, 0) is 9.59 Å². The molecule has 3 aromatic rings. The summed E-state index contributed by atoms with van der Waals surface area (Å²) in [5.74, 6) is -2.51. The van der Waals surface area contributed by atoms with E-state index in [4.69, 9.17) is 0 Å². The number of carbonyl (C=O) groups is 4. The second-order valence-electron chi connectivity index (χ2n) is 8.85. The minimum atomic E-state index is -1.39. The molecule has 2 unspecified atom stereocenters. The Labute approximate surface area is 227 Å². The second kappa shape index (κ2) is 11.7. The van der Waals surface area contributed by atoms with Crippen molar-refractivity contribution in [3.8, 4) is 0 Å². The van der Waals surface area contributed by atoms with Crippen LogP contribution in [-0.4, -0.2) is 62.9 Å². The molecule has 39 heavy (non-hydrogen) atoms. The summed E-state index contributed by atoms with van der Waals surface area (Å²) in [6.45, 7) is 1.98. The van der Waals surface area contributed by atoms with Gasteiger partial charge in [-0.2, -0.15) is 0 Å². The highest BCUT2D eigenvalue weighted by atomic mass is 32.1. The van der Waals surface area contributed by atoms with Gasteiger partial charge in [-0.25, -0.2) is 4.79 Å². The number of nitrogens with zero attached hydrogens (tertiary/aromatic N) is 3. The monoisotopic (exact) mass is 551 g/mol. The van der Waals surface area contributed by atoms with Gasteiger partial charge in [-0.3, -0.25) is 29.4 Å². The maximum Gasteiger partial charge on any atom is 0.323 e. The first-order chi connectivity index (χ1) is 18.6. The van der Waals surface area contributed by atoms with E-state index in [0.717, 1.165) is 5.56 Å². The number of benzene rings is 2. The second-order valence-corrected chi connectivity index (χ2v) is 9.80. The van der Waals surface area contributed by atoms with Gasteiger partial charge >= 0.3 is 12.0 Å². The van der Waals surface area contributed by atoms with Crippen molar-refractivity contribution in [2.24, 2.45) is 0 Å². The number of rotatable bonds is 8. The van der Waals surface area contributed by atoms with Crippen molar-refractivity contribution in [1.29, 1.82) is 0 Å². The maximum atomic E-state index is 13.7. The average Bonchev–Trinajstić information content (AvgIpc) is 3.58. The SMILES string of the molecule is Cc1cccc(NC(=O)N2CCN(C(=O)c3cccs3)C2C(=O)NC(CC(=O)O)c2cccc([N+](=O)[O-])c2)c1. The number of nitro groups is 1. The molecule has 1 saturated heterocycles. The number of aryl methyl sites for hydroxylation is 1. The van der Waals surface area contributed by atoms with E-state index in [9.17, 15) is 34.4 Å². The Hall–Kier alpha value is -4.78. The van der Waals surface area contributed by atoms with Gasteiger partial charge in [0.25, 0.3) is 17.5 Å². The van der Waals surface area contributed by atoms with Crippen LogP contribution in [0.4, 0.5) is 16.2 Å². The number of urea groups is 1. The normalized spacial score (nSPS) is 15.5. The number of non-ortho nitro benzene ring substituents is 1. The van der Waals surface area contributed by atoms with Gasteiger partial charge in [-0.05, 0) is 41.6 Å². The van der Waals surface area contributed by atoms with E-state index < -0.39 is 47.4 Å². The summed E-state index contributed by atoms with van der Waals surface area (Å²) in [6, 6.07) is 13.9. The molecule has 4 amide bonds. The number of amides is 4. The molecule has 1 aliphatic heterocycles. The van der Waals surface area contributed by atoms with Crippen LogP contribution in [0.2, 0.25) is 0 Å². The molecule has 0 bridgehead atoms. The molecule has 1 fully saturated rings. The number of hydrogen-bond donors (Lipinski definition) is 3. The van der Waals surface area contributed by atoms with Crippen LogP contribution in [0.3, 0.4) is 0 Å². The fourth-order valence-corrected chi connectivity index (χ4v) is 5.00. The molecular weight excluding hydrogens is 526 g/mol. The molecule has 0 spiro atoms. The zero-order chi connectivity index (χ0) is 28.1. The molecule has 13 heteroatoms. The molecule has 1 aliphatic rings. The van der Waals surface area contributed by atoms with Gasteiger partial charge in [0.1, 0.15) is 0 Å². The summed E-state index contributed by atoms with van der Waals surface area (Å²) in [5, 5.41) is 27.8. The topological polar surface area (TPSA) is 162 Å². The van der Waals surface area contributed by atoms with Crippen molar-refractivity contribution in [2.75, 3.05) is 18.4 Å². The third-order valence-electron chi connectivity index (χ3n) is 6.11. The van der Waals surface area contributed by atoms with Gasteiger partial charge in [0.15, 0.2) is 6.17 Å². The van der Waals surface area contributed by atoms with Crippen LogP contribution >= 0.6 is 11.3 Å². The zero-order valence-corrected chi connectivity index (χ0v) is 21.6. The number of carboxylic acid groups (broad SMARTS) is 1. The number of thiophene rings is 1. The first-order valence-corrected chi connectivity index (χ1v) is 12.8. The highest BCUT2D eigenvalue weighted by Gasteiger charge is 2.44. The lowest BCUT2D eigenvalue weighted by Crippen LogP contribution is -2.55. The largest absolute Gasteiger partial charge is 0.481 e. The molecule has 2 atom stereocenters. The zero-order valence-electron chi connectivity index (χ0n) is 20.8. The summed E-state index contributed by atoms with van der Waals surface area (Å²) >= 11 is 1.19. The van der Waals surface area contributed by atoms with Gasteiger partial charge in [0.2, 0.25) is 0 Å². The number of aliphatic carboxylic acids is 1. The van der Waals surface area contributed by atoms with Crippen molar-refractivity contribution in [3.63, 3.8) is 0 Å². The first-order valence-electron chi connectivity index (χ1n) is 11.9. The van der Waals surface area contributed by atoms with Crippen molar-refractivity contribution >= 4 is 46.5 Å². The van der Waals surface area contributed by atoms with E-state index in [0.29, 0.717) is 10.6 Å². The van der Waals surface area contributed by atoms with E-state index in [-0.39, 0.29) is 24.3 Å². The third kappa shape index (κ3) is 6.38. The smallest absolute Gasteiger partial charge is 0.323 e. The molecule has 3 N–H and O–H groups in total. The first kappa shape index (κ1) is 27.3. The molecule has 0 aliphatic carbocycles. The number of hydrogen-bond acceptors (Lipinski definition) is 7. The molecular formula is C26H25N5O7S. The Kier molecular flexibility index (Phi) is 8.20. The van der Waals surface area contributed by atoms with Crippen LogP contribution < -0.4 is 10.6 Å². The van der Waals surface area contributed by atoms with Gasteiger partial charge in [0.05, 0.1) is 22.3 Å². The van der Waals surface area contributed by atoms with Crippen LogP contribution in [0.15, 0.2) is 66.0 Å². The lowest BCUT2D eigenvalue weighted by Gasteiger charge is -2.30. The average molecular weight is 552 g/mol. The number of carbonyl (C=O) groups excluding carboxylic acids is 3. The molecule has 1 aromatic heterocycles. The van der Waals surface area contributed by atoms with Crippen molar-refractivity contribution in [1.82, 2.24) is 15.1 Å². The minimum absolute atomic E-state index is 0.0489.